The molecule has 1 aromatic carbocycles. The summed E-state index contributed by atoms with van der Waals surface area (Å²) in [6.07, 6.45) is 7.47. The maximum atomic E-state index is 11.2. The molecule has 2 heterocycles. The van der Waals surface area contributed by atoms with Crippen LogP contribution >= 0.6 is 0 Å². The van der Waals surface area contributed by atoms with E-state index < -0.39 is 0 Å². The predicted octanol–water partition coefficient (Wildman–Crippen LogP) is 1.98. The number of aromatic nitrogens is 1. The molecule has 2 aromatic rings. The minimum Gasteiger partial charge on any atom is -0.541 e. The van der Waals surface area contributed by atoms with Crippen LogP contribution in [0.5, 0.6) is 0 Å². The van der Waals surface area contributed by atoms with E-state index in [1.807, 2.05) is 27.7 Å². The van der Waals surface area contributed by atoms with Crippen molar-refractivity contribution in [1.82, 2.24) is 9.88 Å². The number of rotatable bonds is 2. The van der Waals surface area contributed by atoms with Crippen LogP contribution in [0.4, 0.5) is 0 Å². The van der Waals surface area contributed by atoms with Gasteiger partial charge in [-0.3, -0.25) is 11.2 Å². The summed E-state index contributed by atoms with van der Waals surface area (Å²) in [6.45, 7) is 14.2. The van der Waals surface area contributed by atoms with Crippen LogP contribution in [0.15, 0.2) is 30.5 Å². The summed E-state index contributed by atoms with van der Waals surface area (Å²) in [5.74, 6) is -0.122. The van der Waals surface area contributed by atoms with E-state index in [1.54, 1.807) is 0 Å². The normalized spacial score (nSPS) is 23.3. The fourth-order valence-electron chi connectivity index (χ4n) is 4.17. The number of hydrogen-bond acceptors (Lipinski definition) is 2. The molecule has 136 valence electrons. The first-order valence-corrected chi connectivity index (χ1v) is 9.61. The Morgan fingerprint density at radius 3 is 2.58 bits per heavy atom. The zero-order chi connectivity index (χ0) is 18.6. The van der Waals surface area contributed by atoms with Crippen LogP contribution < -0.4 is 29.6 Å². The zero-order valence-corrected chi connectivity index (χ0v) is 19.4. The number of H-pyrrole nitrogens is 1. The molecule has 1 N–H and O–H groups in total. The SMILES string of the molecule is CC.CC.CCN1CC([C-]=O)C=C2c3cccc4[nH]cc(c34)CC21C.[Na+]. The minimum absolute atomic E-state index is 0. The first-order valence-electron chi connectivity index (χ1n) is 9.61. The van der Waals surface area contributed by atoms with Crippen molar-refractivity contribution in [3.8, 4) is 0 Å². The van der Waals surface area contributed by atoms with Crippen molar-refractivity contribution >= 4 is 22.8 Å². The topological polar surface area (TPSA) is 36.1 Å². The van der Waals surface area contributed by atoms with E-state index in [-0.39, 0.29) is 41.0 Å². The van der Waals surface area contributed by atoms with E-state index in [1.165, 1.54) is 27.6 Å². The minimum atomic E-state index is -0.122. The summed E-state index contributed by atoms with van der Waals surface area (Å²) in [6, 6.07) is 6.40. The Bertz CT molecular complexity index is 765. The molecule has 1 aliphatic heterocycles. The second kappa shape index (κ2) is 9.89. The molecule has 2 atom stereocenters. The molecule has 0 fully saturated rings. The Kier molecular flexibility index (Phi) is 8.81. The molecule has 0 amide bonds. The van der Waals surface area contributed by atoms with Crippen LogP contribution in [0.25, 0.3) is 16.5 Å². The van der Waals surface area contributed by atoms with Crippen LogP contribution in [-0.2, 0) is 11.2 Å². The quantitative estimate of drug-likeness (QED) is 0.655. The third-order valence-corrected chi connectivity index (χ3v) is 5.21. The summed E-state index contributed by atoms with van der Waals surface area (Å²) < 4.78 is 0. The van der Waals surface area contributed by atoms with Gasteiger partial charge in [0.1, 0.15) is 0 Å². The predicted molar refractivity (Wildman–Crippen MR) is 108 cm³/mol. The second-order valence-corrected chi connectivity index (χ2v) is 6.34. The first kappa shape index (κ1) is 23.2. The fraction of sp³-hybridized carbons (Fsp3) is 0.500. The van der Waals surface area contributed by atoms with Gasteiger partial charge < -0.3 is 9.78 Å². The molecule has 3 nitrogen and oxygen atoms in total. The number of aromatic amines is 1. The third kappa shape index (κ3) is 3.73. The molecule has 2 aliphatic rings. The van der Waals surface area contributed by atoms with Gasteiger partial charge in [-0.15, -0.1) is 12.0 Å². The van der Waals surface area contributed by atoms with Gasteiger partial charge in [0.15, 0.2) is 0 Å². The molecular formula is C22H31N2NaO. The monoisotopic (exact) mass is 362 g/mol. The van der Waals surface area contributed by atoms with Crippen molar-refractivity contribution in [1.29, 1.82) is 0 Å². The van der Waals surface area contributed by atoms with Gasteiger partial charge in [0.05, 0.1) is 0 Å². The molecule has 1 aliphatic carbocycles. The fourth-order valence-corrected chi connectivity index (χ4v) is 4.17. The number of benzene rings is 1. The van der Waals surface area contributed by atoms with Crippen molar-refractivity contribution in [2.75, 3.05) is 13.1 Å². The molecular weight excluding hydrogens is 331 g/mol. The summed E-state index contributed by atoms with van der Waals surface area (Å²) in [4.78, 5) is 17.0. The maximum absolute atomic E-state index is 11.2. The number of likely N-dealkylation sites (N-methyl/N-ethyl adjacent to an activating group) is 1. The number of hydrogen-bond donors (Lipinski definition) is 1. The molecule has 0 saturated carbocycles. The maximum Gasteiger partial charge on any atom is 1.00 e. The van der Waals surface area contributed by atoms with Gasteiger partial charge >= 0.3 is 29.6 Å². The van der Waals surface area contributed by atoms with Crippen molar-refractivity contribution in [3.05, 3.63) is 41.6 Å². The van der Waals surface area contributed by atoms with Gasteiger partial charge in [0, 0.05) is 22.6 Å². The smallest absolute Gasteiger partial charge is 0.541 e. The van der Waals surface area contributed by atoms with Crippen LogP contribution in [0, 0.1) is 5.92 Å². The van der Waals surface area contributed by atoms with E-state index in [2.05, 4.69) is 60.5 Å². The first-order chi connectivity index (χ1) is 12.2. The summed E-state index contributed by atoms with van der Waals surface area (Å²) in [5, 5.41) is 1.32. The van der Waals surface area contributed by atoms with Crippen molar-refractivity contribution in [2.45, 2.75) is 53.5 Å². The Morgan fingerprint density at radius 1 is 1.27 bits per heavy atom. The largest absolute Gasteiger partial charge is 1.00 e. The molecule has 1 aromatic heterocycles. The number of nitrogens with one attached hydrogen (secondary N) is 1. The Hall–Kier alpha value is -0.870. The van der Waals surface area contributed by atoms with E-state index >= 15 is 0 Å². The molecule has 2 unspecified atom stereocenters. The third-order valence-electron chi connectivity index (χ3n) is 5.21. The molecule has 0 saturated heterocycles. The summed E-state index contributed by atoms with van der Waals surface area (Å²) in [7, 11) is 0. The van der Waals surface area contributed by atoms with Crippen LogP contribution in [0.2, 0.25) is 0 Å². The Labute approximate surface area is 180 Å². The van der Waals surface area contributed by atoms with Gasteiger partial charge in [-0.1, -0.05) is 46.8 Å². The number of carbonyl (C=O) groups excluding carboxylic acids is 1. The van der Waals surface area contributed by atoms with Crippen molar-refractivity contribution in [2.24, 2.45) is 5.92 Å². The molecule has 4 heteroatoms. The number of fused-ring (bicyclic) bond motifs is 2. The van der Waals surface area contributed by atoms with Gasteiger partial charge in [-0.05, 0) is 49.2 Å². The van der Waals surface area contributed by atoms with Gasteiger partial charge in [-0.25, -0.2) is 0 Å². The summed E-state index contributed by atoms with van der Waals surface area (Å²) >= 11 is 0. The van der Waals surface area contributed by atoms with E-state index in [0.717, 1.165) is 19.5 Å². The van der Waals surface area contributed by atoms with E-state index in [4.69, 9.17) is 0 Å². The molecule has 4 rings (SSSR count). The second-order valence-electron chi connectivity index (χ2n) is 6.34. The van der Waals surface area contributed by atoms with E-state index in [9.17, 15) is 4.79 Å². The van der Waals surface area contributed by atoms with Gasteiger partial charge in [0.25, 0.3) is 0 Å². The average Bonchev–Trinajstić information content (AvgIpc) is 3.08. The standard InChI is InChI=1S/C18H19N2O.2C2H6.Na/c1-3-20-10-12(11-21)7-15-14-5-4-6-16-17(14)13(9-19-16)8-18(15,20)2;2*1-2;/h4-7,9,12,19H,3,8,10H2,1-2H3;2*1-2H3;/q-1;;;+1. The van der Waals surface area contributed by atoms with Gasteiger partial charge in [0.2, 0.25) is 0 Å². The summed E-state index contributed by atoms with van der Waals surface area (Å²) in [5.41, 5.74) is 5.11. The van der Waals surface area contributed by atoms with Crippen LogP contribution in [-0.4, -0.2) is 34.8 Å². The van der Waals surface area contributed by atoms with Crippen LogP contribution in [0.3, 0.4) is 0 Å². The zero-order valence-electron chi connectivity index (χ0n) is 17.4. The van der Waals surface area contributed by atoms with E-state index in [0.29, 0.717) is 0 Å². The Balaban J connectivity index is 0.000000635. The van der Waals surface area contributed by atoms with Gasteiger partial charge in [-0.2, -0.15) is 0 Å². The van der Waals surface area contributed by atoms with Crippen molar-refractivity contribution in [3.63, 3.8) is 0 Å². The molecule has 26 heavy (non-hydrogen) atoms. The molecule has 0 spiro atoms. The average molecular weight is 362 g/mol. The van der Waals surface area contributed by atoms with Crippen molar-refractivity contribution < 1.29 is 34.4 Å². The Morgan fingerprint density at radius 2 is 1.96 bits per heavy atom. The number of nitrogens with zero attached hydrogens (tertiary/aromatic N) is 1. The van der Waals surface area contributed by atoms with Crippen LogP contribution in [0.1, 0.15) is 52.7 Å². The molecule has 0 bridgehead atoms. The molecule has 0 radical (unpaired) electrons.